The van der Waals surface area contributed by atoms with Gasteiger partial charge in [0.2, 0.25) is 5.91 Å². The summed E-state index contributed by atoms with van der Waals surface area (Å²) in [5, 5.41) is 10.1. The van der Waals surface area contributed by atoms with Crippen LogP contribution in [0.3, 0.4) is 0 Å². The van der Waals surface area contributed by atoms with Crippen LogP contribution in [0, 0.1) is 0 Å². The number of likely N-dealkylation sites (tertiary alicyclic amines) is 1. The van der Waals surface area contributed by atoms with Gasteiger partial charge in [-0.1, -0.05) is 29.3 Å². The van der Waals surface area contributed by atoms with Crippen molar-refractivity contribution in [3.63, 3.8) is 0 Å². The van der Waals surface area contributed by atoms with E-state index in [0.29, 0.717) is 28.1 Å². The number of hydrogen-bond acceptors (Lipinski definition) is 3. The van der Waals surface area contributed by atoms with Gasteiger partial charge in [-0.3, -0.25) is 9.59 Å². The minimum Gasteiger partial charge on any atom is -0.481 e. The maximum Gasteiger partial charge on any atom is 0.305 e. The van der Waals surface area contributed by atoms with E-state index < -0.39 is 5.97 Å². The molecular weight excluding hydrogens is 345 g/mol. The fourth-order valence-electron chi connectivity index (χ4n) is 2.55. The summed E-state index contributed by atoms with van der Waals surface area (Å²) < 4.78 is 0. The molecule has 1 amide bonds. The summed E-state index contributed by atoms with van der Waals surface area (Å²) in [5.41, 5.74) is 0.937. The SMILES string of the molecule is O=C(O)CC1CCCN1C(=O)CSCc1ccc(Cl)cc1Cl. The van der Waals surface area contributed by atoms with Crippen LogP contribution in [-0.4, -0.2) is 40.2 Å². The van der Waals surface area contributed by atoms with Crippen molar-refractivity contribution in [3.8, 4) is 0 Å². The Labute approximate surface area is 143 Å². The van der Waals surface area contributed by atoms with Gasteiger partial charge >= 0.3 is 5.97 Å². The van der Waals surface area contributed by atoms with Crippen molar-refractivity contribution >= 4 is 46.8 Å². The van der Waals surface area contributed by atoms with Crippen molar-refractivity contribution in [3.05, 3.63) is 33.8 Å². The minimum atomic E-state index is -0.856. The first-order valence-corrected chi connectivity index (χ1v) is 8.91. The first kappa shape index (κ1) is 17.4. The third kappa shape index (κ3) is 4.80. The molecule has 1 N–H and O–H groups in total. The van der Waals surface area contributed by atoms with Crippen LogP contribution in [0.2, 0.25) is 10.0 Å². The maximum absolute atomic E-state index is 12.2. The number of carboxylic acid groups (broad SMARTS) is 1. The van der Waals surface area contributed by atoms with Gasteiger partial charge in [-0.25, -0.2) is 0 Å². The van der Waals surface area contributed by atoms with E-state index in [9.17, 15) is 9.59 Å². The molecule has 1 aromatic rings. The minimum absolute atomic E-state index is 0.00108. The van der Waals surface area contributed by atoms with Gasteiger partial charge in [0.15, 0.2) is 0 Å². The van der Waals surface area contributed by atoms with Crippen molar-refractivity contribution < 1.29 is 14.7 Å². The highest BCUT2D eigenvalue weighted by Gasteiger charge is 2.29. The van der Waals surface area contributed by atoms with E-state index in [0.717, 1.165) is 18.4 Å². The van der Waals surface area contributed by atoms with Crippen molar-refractivity contribution in [2.45, 2.75) is 31.1 Å². The number of carbonyl (C=O) groups is 2. The second-order valence-corrected chi connectivity index (χ2v) is 7.04. The maximum atomic E-state index is 12.2. The number of thioether (sulfide) groups is 1. The third-order valence-corrected chi connectivity index (χ3v) is 5.16. The Morgan fingerprint density at radius 2 is 2.14 bits per heavy atom. The van der Waals surface area contributed by atoms with Gasteiger partial charge < -0.3 is 10.0 Å². The zero-order valence-corrected chi connectivity index (χ0v) is 14.3. The first-order chi connectivity index (χ1) is 10.5. The molecule has 1 atom stereocenters. The largest absolute Gasteiger partial charge is 0.481 e. The molecule has 0 bridgehead atoms. The number of benzene rings is 1. The Hall–Kier alpha value is -0.910. The molecule has 0 aliphatic carbocycles. The Balaban J connectivity index is 1.83. The van der Waals surface area contributed by atoms with Crippen LogP contribution in [0.4, 0.5) is 0 Å². The number of aliphatic carboxylic acids is 1. The number of carboxylic acids is 1. The highest BCUT2D eigenvalue weighted by atomic mass is 35.5. The normalized spacial score (nSPS) is 17.7. The number of halogens is 2. The summed E-state index contributed by atoms with van der Waals surface area (Å²) >= 11 is 13.4. The zero-order valence-electron chi connectivity index (χ0n) is 11.9. The third-order valence-electron chi connectivity index (χ3n) is 3.61. The molecule has 4 nitrogen and oxygen atoms in total. The molecule has 0 aromatic heterocycles. The van der Waals surface area contributed by atoms with E-state index in [2.05, 4.69) is 0 Å². The van der Waals surface area contributed by atoms with Crippen LogP contribution in [0.5, 0.6) is 0 Å². The Bertz CT molecular complexity index is 568. The van der Waals surface area contributed by atoms with Crippen molar-refractivity contribution in [2.75, 3.05) is 12.3 Å². The molecule has 1 saturated heterocycles. The molecule has 120 valence electrons. The topological polar surface area (TPSA) is 57.6 Å². The molecule has 1 aromatic carbocycles. The van der Waals surface area contributed by atoms with Gasteiger partial charge in [0, 0.05) is 28.4 Å². The molecule has 1 aliphatic heterocycles. The molecule has 1 heterocycles. The predicted octanol–water partition coefficient (Wildman–Crippen LogP) is 3.69. The molecule has 1 fully saturated rings. The molecule has 22 heavy (non-hydrogen) atoms. The average molecular weight is 362 g/mol. The lowest BCUT2D eigenvalue weighted by atomic mass is 10.1. The fraction of sp³-hybridized carbons (Fsp3) is 0.467. The van der Waals surface area contributed by atoms with Crippen molar-refractivity contribution in [1.29, 1.82) is 0 Å². The molecular formula is C15H17Cl2NO3S. The lowest BCUT2D eigenvalue weighted by Gasteiger charge is -2.23. The van der Waals surface area contributed by atoms with E-state index in [4.69, 9.17) is 28.3 Å². The summed E-state index contributed by atoms with van der Waals surface area (Å²) in [7, 11) is 0. The van der Waals surface area contributed by atoms with E-state index in [1.165, 1.54) is 11.8 Å². The van der Waals surface area contributed by atoms with E-state index >= 15 is 0 Å². The zero-order chi connectivity index (χ0) is 16.1. The molecule has 0 radical (unpaired) electrons. The second-order valence-electron chi connectivity index (χ2n) is 5.21. The molecule has 0 saturated carbocycles. The highest BCUT2D eigenvalue weighted by Crippen LogP contribution is 2.26. The molecule has 0 spiro atoms. The first-order valence-electron chi connectivity index (χ1n) is 7.00. The Morgan fingerprint density at radius 3 is 2.82 bits per heavy atom. The predicted molar refractivity (Wildman–Crippen MR) is 89.6 cm³/mol. The van der Waals surface area contributed by atoms with E-state index in [1.807, 2.05) is 6.07 Å². The summed E-state index contributed by atoms with van der Waals surface area (Å²) in [6.45, 7) is 0.652. The van der Waals surface area contributed by atoms with Crippen LogP contribution < -0.4 is 0 Å². The number of carbonyl (C=O) groups excluding carboxylic acids is 1. The molecule has 2 rings (SSSR count). The summed E-state index contributed by atoms with van der Waals surface area (Å²) in [6, 6.07) is 5.15. The van der Waals surface area contributed by atoms with Gasteiger partial charge in [0.25, 0.3) is 0 Å². The molecule has 7 heteroatoms. The number of amides is 1. The van der Waals surface area contributed by atoms with E-state index in [1.54, 1.807) is 17.0 Å². The fourth-order valence-corrected chi connectivity index (χ4v) is 4.02. The number of hydrogen-bond donors (Lipinski definition) is 1. The summed E-state index contributed by atoms with van der Waals surface area (Å²) in [4.78, 5) is 24.7. The monoisotopic (exact) mass is 361 g/mol. The van der Waals surface area contributed by atoms with Gasteiger partial charge in [-0.05, 0) is 30.5 Å². The molecule has 1 unspecified atom stereocenters. The quantitative estimate of drug-likeness (QED) is 0.839. The van der Waals surface area contributed by atoms with Crippen LogP contribution >= 0.6 is 35.0 Å². The van der Waals surface area contributed by atoms with Gasteiger partial charge in [-0.2, -0.15) is 0 Å². The Morgan fingerprint density at radius 1 is 1.36 bits per heavy atom. The van der Waals surface area contributed by atoms with Gasteiger partial charge in [0.05, 0.1) is 12.2 Å². The van der Waals surface area contributed by atoms with Crippen molar-refractivity contribution in [2.24, 2.45) is 0 Å². The lowest BCUT2D eigenvalue weighted by molar-refractivity contribution is -0.139. The molecule has 1 aliphatic rings. The smallest absolute Gasteiger partial charge is 0.305 e. The number of nitrogens with zero attached hydrogens (tertiary/aromatic N) is 1. The van der Waals surface area contributed by atoms with Gasteiger partial charge in [-0.15, -0.1) is 11.8 Å². The van der Waals surface area contributed by atoms with E-state index in [-0.39, 0.29) is 18.4 Å². The standard InChI is InChI=1S/C15H17Cl2NO3S/c16-11-4-3-10(13(17)6-11)8-22-9-14(19)18-5-1-2-12(18)7-15(20)21/h3-4,6,12H,1-2,5,7-9H2,(H,20,21). The lowest BCUT2D eigenvalue weighted by Crippen LogP contribution is -2.37. The summed E-state index contributed by atoms with van der Waals surface area (Å²) in [6.07, 6.45) is 1.67. The summed E-state index contributed by atoms with van der Waals surface area (Å²) in [5.74, 6) is 0.0954. The van der Waals surface area contributed by atoms with Crippen molar-refractivity contribution in [1.82, 2.24) is 4.90 Å². The van der Waals surface area contributed by atoms with Crippen LogP contribution in [-0.2, 0) is 15.3 Å². The van der Waals surface area contributed by atoms with Crippen LogP contribution in [0.1, 0.15) is 24.8 Å². The average Bonchev–Trinajstić information content (AvgIpc) is 2.88. The highest BCUT2D eigenvalue weighted by molar-refractivity contribution is 7.99. The van der Waals surface area contributed by atoms with Crippen LogP contribution in [0.15, 0.2) is 18.2 Å². The number of rotatable bonds is 6. The van der Waals surface area contributed by atoms with Gasteiger partial charge in [0.1, 0.15) is 0 Å². The van der Waals surface area contributed by atoms with Crippen LogP contribution in [0.25, 0.3) is 0 Å². The Kier molecular flexibility index (Phi) is 6.41. The second kappa shape index (κ2) is 8.09.